The van der Waals surface area contributed by atoms with Crippen LogP contribution in [0.4, 0.5) is 5.69 Å². The van der Waals surface area contributed by atoms with Crippen LogP contribution >= 0.6 is 15.9 Å². The van der Waals surface area contributed by atoms with Gasteiger partial charge in [0.1, 0.15) is 0 Å². The van der Waals surface area contributed by atoms with E-state index in [1.54, 1.807) is 0 Å². The third kappa shape index (κ3) is 2.72. The lowest BCUT2D eigenvalue weighted by molar-refractivity contribution is 0.837. The highest BCUT2D eigenvalue weighted by molar-refractivity contribution is 9.10. The summed E-state index contributed by atoms with van der Waals surface area (Å²) in [6.45, 7) is 5.16. The van der Waals surface area contributed by atoms with Crippen molar-refractivity contribution in [2.45, 2.75) is 20.4 Å². The highest BCUT2D eigenvalue weighted by atomic mass is 79.9. The highest BCUT2D eigenvalue weighted by Gasteiger charge is 2.05. The van der Waals surface area contributed by atoms with Gasteiger partial charge in [0, 0.05) is 35.1 Å². The van der Waals surface area contributed by atoms with Crippen LogP contribution in [0.2, 0.25) is 0 Å². The van der Waals surface area contributed by atoms with Crippen molar-refractivity contribution >= 4 is 21.6 Å². The van der Waals surface area contributed by atoms with Gasteiger partial charge in [-0.3, -0.25) is 0 Å². The van der Waals surface area contributed by atoms with Gasteiger partial charge in [-0.15, -0.1) is 0 Å². The van der Waals surface area contributed by atoms with E-state index >= 15 is 0 Å². The first-order chi connectivity index (χ1) is 8.08. The number of rotatable bonds is 3. The van der Waals surface area contributed by atoms with Crippen molar-refractivity contribution < 1.29 is 0 Å². The van der Waals surface area contributed by atoms with Crippen molar-refractivity contribution in [2.24, 2.45) is 7.05 Å². The SMILES string of the molecule is Cc1cc(CNc2cccc(Br)c2)c(C)n1C. The topological polar surface area (TPSA) is 17.0 Å². The zero-order valence-corrected chi connectivity index (χ0v) is 12.0. The van der Waals surface area contributed by atoms with Gasteiger partial charge in [0.2, 0.25) is 0 Å². The first-order valence-electron chi connectivity index (χ1n) is 5.69. The molecule has 1 aromatic carbocycles. The summed E-state index contributed by atoms with van der Waals surface area (Å²) in [5.74, 6) is 0. The first-order valence-corrected chi connectivity index (χ1v) is 6.48. The van der Waals surface area contributed by atoms with E-state index in [2.05, 4.69) is 64.9 Å². The normalized spacial score (nSPS) is 10.6. The van der Waals surface area contributed by atoms with Crippen LogP contribution in [0.25, 0.3) is 0 Å². The van der Waals surface area contributed by atoms with Gasteiger partial charge in [-0.05, 0) is 43.7 Å². The minimum absolute atomic E-state index is 0.865. The number of nitrogens with zero attached hydrogens (tertiary/aromatic N) is 1. The molecule has 0 fully saturated rings. The Balaban J connectivity index is 2.10. The van der Waals surface area contributed by atoms with Crippen LogP contribution in [0.15, 0.2) is 34.8 Å². The third-order valence-corrected chi connectivity index (χ3v) is 3.68. The van der Waals surface area contributed by atoms with Crippen LogP contribution in [0.5, 0.6) is 0 Å². The minimum Gasteiger partial charge on any atom is -0.381 e. The predicted molar refractivity (Wildman–Crippen MR) is 76.4 cm³/mol. The van der Waals surface area contributed by atoms with Gasteiger partial charge in [-0.25, -0.2) is 0 Å². The Hall–Kier alpha value is -1.22. The molecule has 2 nitrogen and oxygen atoms in total. The van der Waals surface area contributed by atoms with Crippen molar-refractivity contribution in [2.75, 3.05) is 5.32 Å². The molecule has 1 N–H and O–H groups in total. The van der Waals surface area contributed by atoms with Gasteiger partial charge >= 0.3 is 0 Å². The zero-order valence-electron chi connectivity index (χ0n) is 10.4. The smallest absolute Gasteiger partial charge is 0.0418 e. The predicted octanol–water partition coefficient (Wildman–Crippen LogP) is 4.02. The fraction of sp³-hybridized carbons (Fsp3) is 0.286. The number of anilines is 1. The maximum atomic E-state index is 3.47. The molecular formula is C14H17BrN2. The van der Waals surface area contributed by atoms with Gasteiger partial charge in [-0.2, -0.15) is 0 Å². The Bertz CT molecular complexity index is 529. The van der Waals surface area contributed by atoms with E-state index in [9.17, 15) is 0 Å². The lowest BCUT2D eigenvalue weighted by Gasteiger charge is -2.07. The van der Waals surface area contributed by atoms with Crippen LogP contribution < -0.4 is 5.32 Å². The summed E-state index contributed by atoms with van der Waals surface area (Å²) < 4.78 is 3.32. The maximum Gasteiger partial charge on any atom is 0.0418 e. The molecule has 3 heteroatoms. The second-order valence-electron chi connectivity index (χ2n) is 4.32. The van der Waals surface area contributed by atoms with Gasteiger partial charge in [-0.1, -0.05) is 22.0 Å². The summed E-state index contributed by atoms with van der Waals surface area (Å²) in [5, 5.41) is 3.44. The molecule has 1 heterocycles. The van der Waals surface area contributed by atoms with Gasteiger partial charge in [0.15, 0.2) is 0 Å². The number of hydrogen-bond donors (Lipinski definition) is 1. The first kappa shape index (κ1) is 12.2. The number of halogens is 1. The molecule has 2 aromatic rings. The molecule has 1 aromatic heterocycles. The van der Waals surface area contributed by atoms with Crippen LogP contribution in [0, 0.1) is 13.8 Å². The quantitative estimate of drug-likeness (QED) is 0.904. The molecule has 0 saturated heterocycles. The van der Waals surface area contributed by atoms with E-state index in [-0.39, 0.29) is 0 Å². The lowest BCUT2D eigenvalue weighted by atomic mass is 10.2. The minimum atomic E-state index is 0.865. The number of aromatic nitrogens is 1. The summed E-state index contributed by atoms with van der Waals surface area (Å²) >= 11 is 3.47. The summed E-state index contributed by atoms with van der Waals surface area (Å²) in [6, 6.07) is 10.5. The van der Waals surface area contributed by atoms with E-state index in [1.807, 2.05) is 12.1 Å². The molecular weight excluding hydrogens is 276 g/mol. The molecule has 0 saturated carbocycles. The number of benzene rings is 1. The van der Waals surface area contributed by atoms with Crippen LogP contribution in [0.3, 0.4) is 0 Å². The van der Waals surface area contributed by atoms with Crippen molar-refractivity contribution in [3.63, 3.8) is 0 Å². The van der Waals surface area contributed by atoms with E-state index in [1.165, 1.54) is 17.0 Å². The third-order valence-electron chi connectivity index (χ3n) is 3.19. The molecule has 2 rings (SSSR count). The molecule has 17 heavy (non-hydrogen) atoms. The Kier molecular flexibility index (Phi) is 3.57. The lowest BCUT2D eigenvalue weighted by Crippen LogP contribution is -2.01. The van der Waals surface area contributed by atoms with Gasteiger partial charge in [0.25, 0.3) is 0 Å². The Labute approximate surface area is 111 Å². The second kappa shape index (κ2) is 4.96. The van der Waals surface area contributed by atoms with Crippen molar-refractivity contribution in [3.05, 3.63) is 51.8 Å². The summed E-state index contributed by atoms with van der Waals surface area (Å²) in [5.41, 5.74) is 5.11. The molecule has 0 atom stereocenters. The van der Waals surface area contributed by atoms with Gasteiger partial charge in [0.05, 0.1) is 0 Å². The Morgan fingerprint density at radius 2 is 2.00 bits per heavy atom. The second-order valence-corrected chi connectivity index (χ2v) is 5.23. The molecule has 0 unspecified atom stereocenters. The van der Waals surface area contributed by atoms with E-state index < -0.39 is 0 Å². The molecule has 0 aliphatic rings. The van der Waals surface area contributed by atoms with E-state index in [0.717, 1.165) is 16.7 Å². The molecule has 0 radical (unpaired) electrons. The number of nitrogens with one attached hydrogen (secondary N) is 1. The monoisotopic (exact) mass is 292 g/mol. The Morgan fingerprint density at radius 1 is 1.24 bits per heavy atom. The zero-order chi connectivity index (χ0) is 12.4. The maximum absolute atomic E-state index is 3.47. The average Bonchev–Trinajstić information content (AvgIpc) is 2.54. The molecule has 0 aliphatic heterocycles. The highest BCUT2D eigenvalue weighted by Crippen LogP contribution is 2.18. The fourth-order valence-electron chi connectivity index (χ4n) is 1.91. The van der Waals surface area contributed by atoms with Crippen LogP contribution in [-0.4, -0.2) is 4.57 Å². The summed E-state index contributed by atoms with van der Waals surface area (Å²) in [7, 11) is 2.10. The standard InChI is InChI=1S/C14H17BrN2/c1-10-7-12(11(2)17(10)3)9-16-14-6-4-5-13(15)8-14/h4-8,16H,9H2,1-3H3. The average molecular weight is 293 g/mol. The number of hydrogen-bond acceptors (Lipinski definition) is 1. The molecule has 0 bridgehead atoms. The van der Waals surface area contributed by atoms with Crippen LogP contribution in [-0.2, 0) is 13.6 Å². The number of aryl methyl sites for hydroxylation is 1. The Morgan fingerprint density at radius 3 is 2.59 bits per heavy atom. The van der Waals surface area contributed by atoms with Crippen molar-refractivity contribution in [3.8, 4) is 0 Å². The fourth-order valence-corrected chi connectivity index (χ4v) is 2.31. The van der Waals surface area contributed by atoms with Crippen molar-refractivity contribution in [1.82, 2.24) is 4.57 Å². The molecule has 90 valence electrons. The van der Waals surface area contributed by atoms with Crippen molar-refractivity contribution in [1.29, 1.82) is 0 Å². The van der Waals surface area contributed by atoms with Gasteiger partial charge < -0.3 is 9.88 Å². The molecule has 0 spiro atoms. The largest absolute Gasteiger partial charge is 0.381 e. The molecule has 0 amide bonds. The van der Waals surface area contributed by atoms with Crippen LogP contribution in [0.1, 0.15) is 17.0 Å². The summed E-state index contributed by atoms with van der Waals surface area (Å²) in [6.07, 6.45) is 0. The van der Waals surface area contributed by atoms with E-state index in [4.69, 9.17) is 0 Å². The summed E-state index contributed by atoms with van der Waals surface area (Å²) in [4.78, 5) is 0. The molecule has 0 aliphatic carbocycles. The van der Waals surface area contributed by atoms with E-state index in [0.29, 0.717) is 0 Å².